The molecular weight excluding hydrogens is 497 g/mol. The average Bonchev–Trinajstić information content (AvgIpc) is 2.96. The highest BCUT2D eigenvalue weighted by atomic mass is 19.1. The summed E-state index contributed by atoms with van der Waals surface area (Å²) >= 11 is 0. The molecule has 1 saturated heterocycles. The normalized spacial score (nSPS) is 14.0. The third kappa shape index (κ3) is 6.10. The minimum Gasteiger partial charge on any atom is -0.375 e. The van der Waals surface area contributed by atoms with Gasteiger partial charge in [-0.15, -0.1) is 0 Å². The first-order valence-corrected chi connectivity index (χ1v) is 12.8. The molecule has 9 heteroatoms. The zero-order chi connectivity index (χ0) is 27.4. The number of benzene rings is 3. The van der Waals surface area contributed by atoms with Crippen molar-refractivity contribution in [2.45, 2.75) is 6.54 Å². The lowest BCUT2D eigenvalue weighted by atomic mass is 10.0. The number of halogens is 1. The molecule has 39 heavy (non-hydrogen) atoms. The number of methoxy groups -OCH3 is 1. The maximum atomic E-state index is 13.7. The summed E-state index contributed by atoms with van der Waals surface area (Å²) in [6, 6.07) is 19.2. The molecule has 3 aromatic carbocycles. The lowest BCUT2D eigenvalue weighted by molar-refractivity contribution is -0.124. The zero-order valence-corrected chi connectivity index (χ0v) is 22.0. The highest BCUT2D eigenvalue weighted by Crippen LogP contribution is 2.32. The Bertz CT molecular complexity index is 1500. The average molecular weight is 528 g/mol. The number of hydrogen-bond donors (Lipinski definition) is 1. The van der Waals surface area contributed by atoms with E-state index in [-0.39, 0.29) is 24.2 Å². The van der Waals surface area contributed by atoms with Gasteiger partial charge < -0.3 is 19.9 Å². The Morgan fingerprint density at radius 1 is 0.897 bits per heavy atom. The third-order valence-electron chi connectivity index (χ3n) is 6.78. The summed E-state index contributed by atoms with van der Waals surface area (Å²) in [5.74, 6) is -0.572. The van der Waals surface area contributed by atoms with Crippen molar-refractivity contribution < 1.29 is 18.7 Å². The first kappa shape index (κ1) is 26.4. The molecule has 1 aliphatic heterocycles. The number of aromatic nitrogens is 2. The molecule has 8 nitrogen and oxygen atoms in total. The van der Waals surface area contributed by atoms with Crippen LogP contribution in [0.15, 0.2) is 66.7 Å². The molecule has 0 aliphatic carbocycles. The number of rotatable bonds is 7. The highest BCUT2D eigenvalue weighted by Gasteiger charge is 2.21. The Hall–Kier alpha value is -4.21. The number of nitrogens with one attached hydrogen (secondary N) is 1. The van der Waals surface area contributed by atoms with Gasteiger partial charge in [-0.05, 0) is 61.1 Å². The predicted molar refractivity (Wildman–Crippen MR) is 147 cm³/mol. The lowest BCUT2D eigenvalue weighted by Crippen LogP contribution is -2.47. The van der Waals surface area contributed by atoms with Crippen molar-refractivity contribution in [3.8, 4) is 22.5 Å². The molecular formula is C30H30FN5O3. The first-order valence-electron chi connectivity index (χ1n) is 12.8. The van der Waals surface area contributed by atoms with Crippen LogP contribution in [0.1, 0.15) is 15.9 Å². The fourth-order valence-corrected chi connectivity index (χ4v) is 4.60. The van der Waals surface area contributed by atoms with Crippen LogP contribution in [0.3, 0.4) is 0 Å². The molecule has 200 valence electrons. The van der Waals surface area contributed by atoms with Crippen molar-refractivity contribution in [1.29, 1.82) is 0 Å². The molecule has 0 bridgehead atoms. The van der Waals surface area contributed by atoms with Crippen LogP contribution in [0.2, 0.25) is 0 Å². The molecule has 0 saturated carbocycles. The molecule has 1 aromatic heterocycles. The topological polar surface area (TPSA) is 87.7 Å². The number of likely N-dealkylation sites (N-methyl/N-ethyl adjacent to an activating group) is 1. The number of nitrogens with zero attached hydrogens (tertiary/aromatic N) is 4. The van der Waals surface area contributed by atoms with Crippen molar-refractivity contribution in [2.75, 3.05) is 46.9 Å². The van der Waals surface area contributed by atoms with Crippen LogP contribution in [0, 0.1) is 5.82 Å². The van der Waals surface area contributed by atoms with E-state index in [0.29, 0.717) is 47.6 Å². The number of carbonyl (C=O) groups excluding carboxylic acids is 2. The van der Waals surface area contributed by atoms with Crippen molar-refractivity contribution in [3.63, 3.8) is 0 Å². The summed E-state index contributed by atoms with van der Waals surface area (Å²) in [6.45, 7) is 3.36. The van der Waals surface area contributed by atoms with Crippen molar-refractivity contribution in [3.05, 3.63) is 83.7 Å². The van der Waals surface area contributed by atoms with Crippen LogP contribution in [-0.2, 0) is 16.1 Å². The van der Waals surface area contributed by atoms with E-state index >= 15 is 0 Å². The van der Waals surface area contributed by atoms with E-state index in [4.69, 9.17) is 14.7 Å². The Balaban J connectivity index is 1.55. The van der Waals surface area contributed by atoms with E-state index in [2.05, 4.69) is 17.3 Å². The monoisotopic (exact) mass is 527 g/mol. The quantitative estimate of drug-likeness (QED) is 0.394. The van der Waals surface area contributed by atoms with Gasteiger partial charge in [0.1, 0.15) is 12.4 Å². The molecule has 1 aliphatic rings. The SMILES string of the molecule is COCC(=O)NCc1cccc(-c2nc3cc(C(=O)N4CCN(C)CC4)ccc3nc2-c2ccc(F)cc2)c1. The summed E-state index contributed by atoms with van der Waals surface area (Å²) in [7, 11) is 3.52. The number of piperazine rings is 1. The van der Waals surface area contributed by atoms with E-state index < -0.39 is 0 Å². The standard InChI is InChI=1S/C30H30FN5O3/c1-35-12-14-36(15-13-35)30(38)23-8-11-25-26(17-23)34-29(28(33-25)21-6-9-24(31)10-7-21)22-5-3-4-20(16-22)18-32-27(37)19-39-2/h3-11,16-17H,12-15,18-19H2,1-2H3,(H,32,37). The number of fused-ring (bicyclic) bond motifs is 1. The van der Waals surface area contributed by atoms with Crippen LogP contribution in [0.4, 0.5) is 4.39 Å². The Morgan fingerprint density at radius 2 is 1.62 bits per heavy atom. The van der Waals surface area contributed by atoms with Crippen LogP contribution in [0.5, 0.6) is 0 Å². The minimum atomic E-state index is -0.338. The van der Waals surface area contributed by atoms with Gasteiger partial charge >= 0.3 is 0 Å². The summed E-state index contributed by atoms with van der Waals surface area (Å²) in [6.07, 6.45) is 0. The molecule has 2 heterocycles. The van der Waals surface area contributed by atoms with Gasteiger partial charge in [-0.2, -0.15) is 0 Å². The number of carbonyl (C=O) groups is 2. The van der Waals surface area contributed by atoms with E-state index in [1.807, 2.05) is 35.2 Å². The Kier molecular flexibility index (Phi) is 7.90. The molecule has 0 spiro atoms. The van der Waals surface area contributed by atoms with Crippen LogP contribution in [0.25, 0.3) is 33.5 Å². The smallest absolute Gasteiger partial charge is 0.254 e. The van der Waals surface area contributed by atoms with Gasteiger partial charge in [0, 0.05) is 56.5 Å². The van der Waals surface area contributed by atoms with Crippen LogP contribution >= 0.6 is 0 Å². The molecule has 2 amide bonds. The zero-order valence-electron chi connectivity index (χ0n) is 22.0. The number of amides is 2. The van der Waals surface area contributed by atoms with E-state index in [0.717, 1.165) is 29.8 Å². The maximum absolute atomic E-state index is 13.7. The van der Waals surface area contributed by atoms with Gasteiger partial charge in [0.05, 0.1) is 22.4 Å². The second kappa shape index (κ2) is 11.7. The lowest BCUT2D eigenvalue weighted by Gasteiger charge is -2.32. The molecule has 1 fully saturated rings. The predicted octanol–water partition coefficient (Wildman–Crippen LogP) is 3.75. The fourth-order valence-electron chi connectivity index (χ4n) is 4.60. The van der Waals surface area contributed by atoms with Gasteiger partial charge in [-0.1, -0.05) is 18.2 Å². The summed E-state index contributed by atoms with van der Waals surface area (Å²) in [5, 5.41) is 2.83. The summed E-state index contributed by atoms with van der Waals surface area (Å²) in [5.41, 5.74) is 5.38. The van der Waals surface area contributed by atoms with Crippen LogP contribution < -0.4 is 5.32 Å². The Labute approximate surface area is 226 Å². The van der Waals surface area contributed by atoms with Gasteiger partial charge in [-0.3, -0.25) is 9.59 Å². The molecule has 5 rings (SSSR count). The van der Waals surface area contributed by atoms with Gasteiger partial charge in [0.15, 0.2) is 0 Å². The second-order valence-corrected chi connectivity index (χ2v) is 9.64. The summed E-state index contributed by atoms with van der Waals surface area (Å²) in [4.78, 5) is 39.0. The largest absolute Gasteiger partial charge is 0.375 e. The maximum Gasteiger partial charge on any atom is 0.254 e. The molecule has 0 atom stereocenters. The van der Waals surface area contributed by atoms with Crippen LogP contribution in [-0.4, -0.2) is 78.5 Å². The Morgan fingerprint density at radius 3 is 2.36 bits per heavy atom. The molecule has 4 aromatic rings. The molecule has 0 radical (unpaired) electrons. The van der Waals surface area contributed by atoms with Gasteiger partial charge in [0.25, 0.3) is 5.91 Å². The molecule has 1 N–H and O–H groups in total. The number of ether oxygens (including phenoxy) is 1. The van der Waals surface area contributed by atoms with E-state index in [9.17, 15) is 14.0 Å². The fraction of sp³-hybridized carbons (Fsp3) is 0.267. The first-order chi connectivity index (χ1) is 18.9. The van der Waals surface area contributed by atoms with Crippen molar-refractivity contribution in [2.24, 2.45) is 0 Å². The van der Waals surface area contributed by atoms with E-state index in [1.54, 1.807) is 24.3 Å². The third-order valence-corrected chi connectivity index (χ3v) is 6.78. The van der Waals surface area contributed by atoms with Crippen molar-refractivity contribution >= 4 is 22.8 Å². The molecule has 0 unspecified atom stereocenters. The second-order valence-electron chi connectivity index (χ2n) is 9.64. The van der Waals surface area contributed by atoms with Gasteiger partial charge in [-0.25, -0.2) is 14.4 Å². The highest BCUT2D eigenvalue weighted by molar-refractivity contribution is 5.98. The van der Waals surface area contributed by atoms with Gasteiger partial charge in [0.2, 0.25) is 5.91 Å². The van der Waals surface area contributed by atoms with Crippen molar-refractivity contribution in [1.82, 2.24) is 25.1 Å². The number of hydrogen-bond acceptors (Lipinski definition) is 6. The van der Waals surface area contributed by atoms with E-state index in [1.165, 1.54) is 19.2 Å². The summed E-state index contributed by atoms with van der Waals surface area (Å²) < 4.78 is 18.6. The minimum absolute atomic E-state index is 0.0141.